The largest absolute Gasteiger partial charge is 0.240 e. The minimum Gasteiger partial charge on any atom is -0.240 e. The van der Waals surface area contributed by atoms with E-state index in [9.17, 15) is 0 Å². The second kappa shape index (κ2) is 2.87. The average Bonchev–Trinajstić information content (AvgIpc) is 2.49. The molecule has 2 rings (SSSR count). The third-order valence-corrected chi connectivity index (χ3v) is 2.32. The fourth-order valence-electron chi connectivity index (χ4n) is 1.46. The van der Waals surface area contributed by atoms with E-state index in [2.05, 4.69) is 38.0 Å². The Hall–Kier alpha value is -1.31. The molecule has 2 heterocycles. The molecule has 2 nitrogen and oxygen atoms in total. The molecule has 0 bridgehead atoms. The minimum absolute atomic E-state index is 0.499. The van der Waals surface area contributed by atoms with Crippen molar-refractivity contribution in [2.24, 2.45) is 0 Å². The summed E-state index contributed by atoms with van der Waals surface area (Å²) >= 11 is 0. The Bertz CT molecular complexity index is 427. The van der Waals surface area contributed by atoms with Crippen molar-refractivity contribution >= 4 is 5.52 Å². The topological polar surface area (TPSA) is 17.3 Å². The van der Waals surface area contributed by atoms with Gasteiger partial charge < -0.3 is 0 Å². The third kappa shape index (κ3) is 1.32. The molecule has 0 saturated heterocycles. The van der Waals surface area contributed by atoms with Crippen LogP contribution in [0.1, 0.15) is 31.0 Å². The molecule has 0 aromatic carbocycles. The fourth-order valence-corrected chi connectivity index (χ4v) is 1.46. The van der Waals surface area contributed by atoms with E-state index in [0.717, 1.165) is 5.69 Å². The summed E-state index contributed by atoms with van der Waals surface area (Å²) in [6, 6.07) is 6.31. The van der Waals surface area contributed by atoms with E-state index in [4.69, 9.17) is 0 Å². The standard InChI is InChI=1S/C11H14N2/c1-8(2)10-7-11-9(3)5-4-6-13(11)12-10/h4-8H,1-3H3. The SMILES string of the molecule is Cc1cccn2nc(C(C)C)cc12. The summed E-state index contributed by atoms with van der Waals surface area (Å²) in [7, 11) is 0. The maximum Gasteiger partial charge on any atom is 0.0693 e. The van der Waals surface area contributed by atoms with Crippen LogP contribution in [-0.2, 0) is 0 Å². The summed E-state index contributed by atoms with van der Waals surface area (Å²) in [5.41, 5.74) is 3.66. The molecule has 0 aliphatic carbocycles. The maximum absolute atomic E-state index is 4.49. The van der Waals surface area contributed by atoms with Crippen LogP contribution in [0.2, 0.25) is 0 Å². The first kappa shape index (κ1) is 8.30. The van der Waals surface area contributed by atoms with Crippen LogP contribution in [0.5, 0.6) is 0 Å². The van der Waals surface area contributed by atoms with Gasteiger partial charge in [0.25, 0.3) is 0 Å². The zero-order valence-electron chi connectivity index (χ0n) is 8.28. The van der Waals surface area contributed by atoms with E-state index in [0.29, 0.717) is 5.92 Å². The first-order chi connectivity index (χ1) is 6.18. The van der Waals surface area contributed by atoms with Gasteiger partial charge in [-0.3, -0.25) is 0 Å². The van der Waals surface area contributed by atoms with Crippen molar-refractivity contribution in [3.8, 4) is 0 Å². The zero-order valence-corrected chi connectivity index (χ0v) is 8.28. The normalized spacial score (nSPS) is 11.4. The van der Waals surface area contributed by atoms with E-state index in [-0.39, 0.29) is 0 Å². The zero-order chi connectivity index (χ0) is 9.42. The lowest BCUT2D eigenvalue weighted by atomic mass is 10.1. The molecule has 0 atom stereocenters. The van der Waals surface area contributed by atoms with E-state index in [1.165, 1.54) is 11.1 Å². The molecule has 0 amide bonds. The summed E-state index contributed by atoms with van der Waals surface area (Å²) in [6.45, 7) is 6.44. The van der Waals surface area contributed by atoms with Crippen LogP contribution in [0.15, 0.2) is 24.4 Å². The second-order valence-electron chi connectivity index (χ2n) is 3.74. The van der Waals surface area contributed by atoms with Crippen LogP contribution in [0, 0.1) is 6.92 Å². The Kier molecular flexibility index (Phi) is 1.83. The first-order valence-electron chi connectivity index (χ1n) is 4.63. The molecule has 2 aromatic heterocycles. The molecule has 0 saturated carbocycles. The van der Waals surface area contributed by atoms with Gasteiger partial charge >= 0.3 is 0 Å². The number of fused-ring (bicyclic) bond motifs is 1. The maximum atomic E-state index is 4.49. The van der Waals surface area contributed by atoms with Crippen molar-refractivity contribution in [3.63, 3.8) is 0 Å². The van der Waals surface area contributed by atoms with Crippen molar-refractivity contribution < 1.29 is 0 Å². The van der Waals surface area contributed by atoms with Gasteiger partial charge in [0.15, 0.2) is 0 Å². The number of aromatic nitrogens is 2. The van der Waals surface area contributed by atoms with Crippen LogP contribution in [-0.4, -0.2) is 9.61 Å². The van der Waals surface area contributed by atoms with Gasteiger partial charge in [0.2, 0.25) is 0 Å². The van der Waals surface area contributed by atoms with Crippen molar-refractivity contribution in [1.29, 1.82) is 0 Å². The molecule has 13 heavy (non-hydrogen) atoms. The summed E-state index contributed by atoms with van der Waals surface area (Å²) < 4.78 is 1.95. The van der Waals surface area contributed by atoms with Crippen LogP contribution < -0.4 is 0 Å². The van der Waals surface area contributed by atoms with Crippen LogP contribution in [0.4, 0.5) is 0 Å². The van der Waals surface area contributed by atoms with Gasteiger partial charge in [-0.2, -0.15) is 5.10 Å². The highest BCUT2D eigenvalue weighted by Crippen LogP contribution is 2.17. The summed E-state index contributed by atoms with van der Waals surface area (Å²) in [5, 5.41) is 4.49. The molecule has 2 aromatic rings. The van der Waals surface area contributed by atoms with Gasteiger partial charge in [0.1, 0.15) is 0 Å². The number of pyridine rings is 1. The number of aryl methyl sites for hydroxylation is 1. The average molecular weight is 174 g/mol. The molecule has 0 spiro atoms. The Morgan fingerprint density at radius 2 is 2.15 bits per heavy atom. The van der Waals surface area contributed by atoms with Crippen LogP contribution in [0.3, 0.4) is 0 Å². The highest BCUT2D eigenvalue weighted by Gasteiger charge is 2.05. The smallest absolute Gasteiger partial charge is 0.0693 e. The lowest BCUT2D eigenvalue weighted by molar-refractivity contribution is 0.788. The predicted octanol–water partition coefficient (Wildman–Crippen LogP) is 2.77. The highest BCUT2D eigenvalue weighted by atomic mass is 15.2. The van der Waals surface area contributed by atoms with Crippen molar-refractivity contribution in [1.82, 2.24) is 9.61 Å². The summed E-state index contributed by atoms with van der Waals surface area (Å²) in [6.07, 6.45) is 1.99. The molecular weight excluding hydrogens is 160 g/mol. The monoisotopic (exact) mass is 174 g/mol. The Labute approximate surface area is 78.2 Å². The van der Waals surface area contributed by atoms with Gasteiger partial charge in [0.05, 0.1) is 11.2 Å². The molecule has 68 valence electrons. The third-order valence-electron chi connectivity index (χ3n) is 2.32. The van der Waals surface area contributed by atoms with Gasteiger partial charge in [-0.25, -0.2) is 4.52 Å². The predicted molar refractivity (Wildman–Crippen MR) is 54.0 cm³/mol. The molecule has 0 unspecified atom stereocenters. The van der Waals surface area contributed by atoms with E-state index >= 15 is 0 Å². The van der Waals surface area contributed by atoms with Gasteiger partial charge in [-0.1, -0.05) is 19.9 Å². The van der Waals surface area contributed by atoms with Crippen LogP contribution in [0.25, 0.3) is 5.52 Å². The first-order valence-corrected chi connectivity index (χ1v) is 4.63. The lowest BCUT2D eigenvalue weighted by Gasteiger charge is -1.95. The van der Waals surface area contributed by atoms with E-state index in [1.807, 2.05) is 16.8 Å². The van der Waals surface area contributed by atoms with Crippen molar-refractivity contribution in [2.45, 2.75) is 26.7 Å². The molecule has 0 N–H and O–H groups in total. The van der Waals surface area contributed by atoms with Crippen molar-refractivity contribution in [3.05, 3.63) is 35.7 Å². The number of hydrogen-bond donors (Lipinski definition) is 0. The van der Waals surface area contributed by atoms with Gasteiger partial charge in [-0.05, 0) is 30.5 Å². The highest BCUT2D eigenvalue weighted by molar-refractivity contribution is 5.54. The molecule has 0 fully saturated rings. The molecular formula is C11H14N2. The second-order valence-corrected chi connectivity index (χ2v) is 3.74. The summed E-state index contributed by atoms with van der Waals surface area (Å²) in [4.78, 5) is 0. The Morgan fingerprint density at radius 3 is 2.77 bits per heavy atom. The van der Waals surface area contributed by atoms with Gasteiger partial charge in [0, 0.05) is 6.20 Å². The van der Waals surface area contributed by atoms with E-state index in [1.54, 1.807) is 0 Å². The number of nitrogens with zero attached hydrogens (tertiary/aromatic N) is 2. The molecule has 0 radical (unpaired) electrons. The molecule has 0 aliphatic rings. The quantitative estimate of drug-likeness (QED) is 0.649. The molecule has 2 heteroatoms. The fraction of sp³-hybridized carbons (Fsp3) is 0.364. The Balaban J connectivity index is 2.68. The number of hydrogen-bond acceptors (Lipinski definition) is 1. The van der Waals surface area contributed by atoms with Crippen LogP contribution >= 0.6 is 0 Å². The lowest BCUT2D eigenvalue weighted by Crippen LogP contribution is -1.90. The van der Waals surface area contributed by atoms with Gasteiger partial charge in [-0.15, -0.1) is 0 Å². The molecule has 0 aliphatic heterocycles. The summed E-state index contributed by atoms with van der Waals surface area (Å²) in [5.74, 6) is 0.499. The minimum atomic E-state index is 0.499. The van der Waals surface area contributed by atoms with E-state index < -0.39 is 0 Å². The Morgan fingerprint density at radius 1 is 1.38 bits per heavy atom. The van der Waals surface area contributed by atoms with Crippen molar-refractivity contribution in [2.75, 3.05) is 0 Å². The number of rotatable bonds is 1.